The van der Waals surface area contributed by atoms with E-state index in [2.05, 4.69) is 36.6 Å². The van der Waals surface area contributed by atoms with Crippen LogP contribution in [-0.2, 0) is 6.54 Å². The first-order chi connectivity index (χ1) is 15.7. The summed E-state index contributed by atoms with van der Waals surface area (Å²) in [6.45, 7) is 4.83. The Balaban J connectivity index is 1.27. The quantitative estimate of drug-likeness (QED) is 0.442. The van der Waals surface area contributed by atoms with Gasteiger partial charge in [-0.2, -0.15) is 0 Å². The molecule has 32 heavy (non-hydrogen) atoms. The summed E-state index contributed by atoms with van der Waals surface area (Å²) in [6, 6.07) is 12.0. The lowest BCUT2D eigenvalue weighted by molar-refractivity contribution is 0.103. The first-order valence-corrected chi connectivity index (χ1v) is 11.5. The van der Waals surface area contributed by atoms with E-state index in [0.717, 1.165) is 46.2 Å². The number of thiophene rings is 1. The van der Waals surface area contributed by atoms with Crippen molar-refractivity contribution < 1.29 is 4.79 Å². The fourth-order valence-corrected chi connectivity index (χ4v) is 4.68. The van der Waals surface area contributed by atoms with Crippen LogP contribution in [0, 0.1) is 6.92 Å². The molecule has 4 heterocycles. The van der Waals surface area contributed by atoms with Gasteiger partial charge in [0.15, 0.2) is 0 Å². The number of hydrogen-bond acceptors (Lipinski definition) is 7. The number of nitrogens with one attached hydrogen (secondary N) is 2. The highest BCUT2D eigenvalue weighted by Crippen LogP contribution is 2.26. The SMILES string of the molecule is Cc1ccc(NCc2ccnc(N3CCCC3)c2)cc1NC(=O)c1cc2nccnc2s1. The first kappa shape index (κ1) is 20.4. The van der Waals surface area contributed by atoms with E-state index in [1.807, 2.05) is 37.4 Å². The molecular formula is C24H24N6OS. The standard InChI is InChI=1S/C24H24N6OS/c1-16-4-5-18(28-15-17-6-7-26-22(12-17)30-10-2-3-11-30)13-19(16)29-23(31)21-14-20-24(32-21)27-9-8-25-20/h4-9,12-14,28H,2-3,10-11,15H2,1H3,(H,29,31). The van der Waals surface area contributed by atoms with E-state index in [9.17, 15) is 4.79 Å². The predicted molar refractivity (Wildman–Crippen MR) is 130 cm³/mol. The minimum absolute atomic E-state index is 0.153. The predicted octanol–water partition coefficient (Wildman–Crippen LogP) is 4.86. The van der Waals surface area contributed by atoms with Gasteiger partial charge >= 0.3 is 0 Å². The third-order valence-electron chi connectivity index (χ3n) is 5.61. The summed E-state index contributed by atoms with van der Waals surface area (Å²) >= 11 is 1.34. The molecule has 0 atom stereocenters. The van der Waals surface area contributed by atoms with Gasteiger partial charge in [0.05, 0.1) is 4.88 Å². The van der Waals surface area contributed by atoms with E-state index in [1.165, 1.54) is 29.7 Å². The zero-order valence-electron chi connectivity index (χ0n) is 17.8. The summed E-state index contributed by atoms with van der Waals surface area (Å²) in [7, 11) is 0. The Morgan fingerprint density at radius 1 is 1.03 bits per heavy atom. The number of benzene rings is 1. The largest absolute Gasteiger partial charge is 0.381 e. The molecule has 7 nitrogen and oxygen atoms in total. The second kappa shape index (κ2) is 8.92. The van der Waals surface area contributed by atoms with Gasteiger partial charge in [-0.15, -0.1) is 11.3 Å². The Bertz CT molecular complexity index is 1230. The maximum atomic E-state index is 12.8. The highest BCUT2D eigenvalue weighted by Gasteiger charge is 2.15. The monoisotopic (exact) mass is 444 g/mol. The van der Waals surface area contributed by atoms with Gasteiger partial charge in [0.2, 0.25) is 0 Å². The van der Waals surface area contributed by atoms with E-state index in [1.54, 1.807) is 18.5 Å². The smallest absolute Gasteiger partial charge is 0.265 e. The lowest BCUT2D eigenvalue weighted by Gasteiger charge is -2.17. The van der Waals surface area contributed by atoms with Crippen LogP contribution in [0.1, 0.15) is 33.6 Å². The van der Waals surface area contributed by atoms with E-state index < -0.39 is 0 Å². The van der Waals surface area contributed by atoms with Crippen LogP contribution in [-0.4, -0.2) is 33.9 Å². The summed E-state index contributed by atoms with van der Waals surface area (Å²) in [5.41, 5.74) is 4.65. The molecule has 0 saturated carbocycles. The third kappa shape index (κ3) is 4.40. The maximum absolute atomic E-state index is 12.8. The number of aromatic nitrogens is 3. The zero-order chi connectivity index (χ0) is 21.9. The summed E-state index contributed by atoms with van der Waals surface area (Å²) in [5.74, 6) is 0.894. The number of rotatable bonds is 6. The fraction of sp³-hybridized carbons (Fsp3) is 0.250. The lowest BCUT2D eigenvalue weighted by Crippen LogP contribution is -2.19. The van der Waals surface area contributed by atoms with Gasteiger partial charge in [0.25, 0.3) is 5.91 Å². The Kier molecular flexibility index (Phi) is 5.68. The molecule has 0 unspecified atom stereocenters. The molecule has 4 aromatic rings. The number of pyridine rings is 1. The summed E-state index contributed by atoms with van der Waals surface area (Å²) < 4.78 is 0. The second-order valence-electron chi connectivity index (χ2n) is 7.91. The van der Waals surface area contributed by atoms with Crippen LogP contribution in [0.3, 0.4) is 0 Å². The van der Waals surface area contributed by atoms with Crippen LogP contribution < -0.4 is 15.5 Å². The van der Waals surface area contributed by atoms with Crippen LogP contribution in [0.2, 0.25) is 0 Å². The summed E-state index contributed by atoms with van der Waals surface area (Å²) in [6.07, 6.45) is 7.61. The van der Waals surface area contributed by atoms with Crippen molar-refractivity contribution in [3.05, 3.63) is 71.0 Å². The fourth-order valence-electron chi connectivity index (χ4n) is 3.83. The number of aryl methyl sites for hydroxylation is 1. The molecule has 1 fully saturated rings. The third-order valence-corrected chi connectivity index (χ3v) is 6.64. The van der Waals surface area contributed by atoms with Gasteiger partial charge in [-0.3, -0.25) is 9.78 Å². The summed E-state index contributed by atoms with van der Waals surface area (Å²) in [5, 5.41) is 6.50. The normalized spacial score (nSPS) is 13.5. The number of anilines is 3. The van der Waals surface area contributed by atoms with Gasteiger partial charge in [-0.25, -0.2) is 9.97 Å². The Hall–Kier alpha value is -3.52. The molecule has 8 heteroatoms. The number of fused-ring (bicyclic) bond motifs is 1. The van der Waals surface area contributed by atoms with Crippen molar-refractivity contribution in [2.24, 2.45) is 0 Å². The molecule has 1 amide bonds. The van der Waals surface area contributed by atoms with Gasteiger partial charge in [-0.1, -0.05) is 6.07 Å². The molecular weight excluding hydrogens is 420 g/mol. The second-order valence-corrected chi connectivity index (χ2v) is 8.94. The van der Waals surface area contributed by atoms with Crippen molar-refractivity contribution in [2.75, 3.05) is 28.6 Å². The molecule has 0 radical (unpaired) electrons. The van der Waals surface area contributed by atoms with Crippen LogP contribution in [0.4, 0.5) is 17.2 Å². The van der Waals surface area contributed by atoms with E-state index in [-0.39, 0.29) is 5.91 Å². The highest BCUT2D eigenvalue weighted by molar-refractivity contribution is 7.20. The molecule has 0 aliphatic carbocycles. The maximum Gasteiger partial charge on any atom is 0.265 e. The van der Waals surface area contributed by atoms with Gasteiger partial charge < -0.3 is 15.5 Å². The van der Waals surface area contributed by atoms with Crippen LogP contribution in [0.15, 0.2) is 55.0 Å². The van der Waals surface area contributed by atoms with Crippen molar-refractivity contribution in [3.63, 3.8) is 0 Å². The molecule has 0 spiro atoms. The topological polar surface area (TPSA) is 83.0 Å². The average molecular weight is 445 g/mol. The molecule has 5 rings (SSSR count). The number of hydrogen-bond donors (Lipinski definition) is 2. The van der Waals surface area contributed by atoms with Crippen molar-refractivity contribution in [1.29, 1.82) is 0 Å². The molecule has 1 aliphatic rings. The number of nitrogens with zero attached hydrogens (tertiary/aromatic N) is 4. The van der Waals surface area contributed by atoms with Crippen molar-refractivity contribution in [1.82, 2.24) is 15.0 Å². The van der Waals surface area contributed by atoms with Crippen molar-refractivity contribution in [3.8, 4) is 0 Å². The zero-order valence-corrected chi connectivity index (χ0v) is 18.7. The number of amides is 1. The van der Waals surface area contributed by atoms with Crippen LogP contribution in [0.5, 0.6) is 0 Å². The Morgan fingerprint density at radius 3 is 2.72 bits per heavy atom. The highest BCUT2D eigenvalue weighted by atomic mass is 32.1. The number of carbonyl (C=O) groups is 1. The minimum atomic E-state index is -0.153. The van der Waals surface area contributed by atoms with Crippen LogP contribution >= 0.6 is 11.3 Å². The van der Waals surface area contributed by atoms with E-state index in [4.69, 9.17) is 0 Å². The lowest BCUT2D eigenvalue weighted by atomic mass is 10.1. The molecule has 162 valence electrons. The molecule has 1 aromatic carbocycles. The molecule has 1 aliphatic heterocycles. The molecule has 1 saturated heterocycles. The van der Waals surface area contributed by atoms with Crippen molar-refractivity contribution in [2.45, 2.75) is 26.3 Å². The van der Waals surface area contributed by atoms with E-state index in [0.29, 0.717) is 11.4 Å². The first-order valence-electron chi connectivity index (χ1n) is 10.7. The van der Waals surface area contributed by atoms with Crippen molar-refractivity contribution >= 4 is 44.8 Å². The number of carbonyl (C=O) groups excluding carboxylic acids is 1. The molecule has 3 aromatic heterocycles. The Morgan fingerprint density at radius 2 is 1.88 bits per heavy atom. The van der Waals surface area contributed by atoms with Gasteiger partial charge in [-0.05, 0) is 61.2 Å². The van der Waals surface area contributed by atoms with Crippen LogP contribution in [0.25, 0.3) is 10.3 Å². The minimum Gasteiger partial charge on any atom is -0.381 e. The average Bonchev–Trinajstić information content (AvgIpc) is 3.50. The molecule has 0 bridgehead atoms. The van der Waals surface area contributed by atoms with Gasteiger partial charge in [0, 0.05) is 49.6 Å². The van der Waals surface area contributed by atoms with Gasteiger partial charge in [0.1, 0.15) is 16.2 Å². The summed E-state index contributed by atoms with van der Waals surface area (Å²) in [4.78, 5) is 29.5. The molecule has 2 N–H and O–H groups in total. The Labute approximate surface area is 190 Å². The van der Waals surface area contributed by atoms with E-state index >= 15 is 0 Å².